The molecule has 1 aromatic rings. The largest absolute Gasteiger partial charge is 0.356 e. The molecule has 1 aromatic carbocycles. The summed E-state index contributed by atoms with van der Waals surface area (Å²) in [5.41, 5.74) is 1.16. The van der Waals surface area contributed by atoms with Gasteiger partial charge in [0.1, 0.15) is 5.82 Å². The first-order chi connectivity index (χ1) is 10.6. The van der Waals surface area contributed by atoms with Gasteiger partial charge in [-0.25, -0.2) is 4.39 Å². The van der Waals surface area contributed by atoms with Crippen LogP contribution in [0.3, 0.4) is 0 Å². The molecular formula is C17H27FN4. The number of guanidine groups is 1. The number of benzene rings is 1. The topological polar surface area (TPSA) is 39.7 Å². The Morgan fingerprint density at radius 1 is 1.32 bits per heavy atom. The van der Waals surface area contributed by atoms with Gasteiger partial charge in [-0.1, -0.05) is 12.1 Å². The van der Waals surface area contributed by atoms with Gasteiger partial charge >= 0.3 is 0 Å². The molecule has 0 amide bonds. The van der Waals surface area contributed by atoms with Crippen molar-refractivity contribution in [1.29, 1.82) is 0 Å². The Hall–Kier alpha value is -1.62. The summed E-state index contributed by atoms with van der Waals surface area (Å²) in [6.07, 6.45) is 3.27. The number of hydrogen-bond acceptors (Lipinski definition) is 2. The molecule has 0 aromatic heterocycles. The van der Waals surface area contributed by atoms with Crippen molar-refractivity contribution in [3.05, 3.63) is 35.6 Å². The molecule has 1 fully saturated rings. The third-order valence-corrected chi connectivity index (χ3v) is 4.18. The molecule has 0 saturated heterocycles. The molecule has 5 heteroatoms. The molecule has 0 aliphatic heterocycles. The minimum absolute atomic E-state index is 0.0728. The van der Waals surface area contributed by atoms with Crippen LogP contribution in [0.2, 0.25) is 0 Å². The number of halogens is 1. The average Bonchev–Trinajstić information content (AvgIpc) is 3.27. The number of nitrogens with one attached hydrogen (secondary N) is 2. The molecule has 1 saturated carbocycles. The predicted molar refractivity (Wildman–Crippen MR) is 89.8 cm³/mol. The molecule has 0 spiro atoms. The van der Waals surface area contributed by atoms with Crippen LogP contribution in [-0.4, -0.2) is 51.6 Å². The molecule has 0 radical (unpaired) electrons. The van der Waals surface area contributed by atoms with Crippen molar-refractivity contribution < 1.29 is 4.39 Å². The Balaban J connectivity index is 1.81. The molecule has 1 aliphatic carbocycles. The lowest BCUT2D eigenvalue weighted by atomic mass is 9.96. The lowest BCUT2D eigenvalue weighted by Gasteiger charge is -2.19. The zero-order chi connectivity index (χ0) is 16.0. The van der Waals surface area contributed by atoms with Crippen LogP contribution in [0.25, 0.3) is 0 Å². The monoisotopic (exact) mass is 306 g/mol. The molecule has 122 valence electrons. The van der Waals surface area contributed by atoms with Crippen molar-refractivity contribution in [1.82, 2.24) is 15.5 Å². The third kappa shape index (κ3) is 4.70. The van der Waals surface area contributed by atoms with Gasteiger partial charge in [-0.3, -0.25) is 4.99 Å². The molecule has 22 heavy (non-hydrogen) atoms. The van der Waals surface area contributed by atoms with Crippen molar-refractivity contribution in [3.8, 4) is 0 Å². The summed E-state index contributed by atoms with van der Waals surface area (Å²) in [6.45, 7) is 2.74. The zero-order valence-electron chi connectivity index (χ0n) is 13.8. The highest BCUT2D eigenvalue weighted by Gasteiger charge is 2.44. The number of hydrogen-bond donors (Lipinski definition) is 2. The fourth-order valence-electron chi connectivity index (χ4n) is 2.61. The van der Waals surface area contributed by atoms with E-state index in [-0.39, 0.29) is 11.2 Å². The molecule has 2 N–H and O–H groups in total. The summed E-state index contributed by atoms with van der Waals surface area (Å²) in [4.78, 5) is 6.42. The quantitative estimate of drug-likeness (QED) is 0.460. The highest BCUT2D eigenvalue weighted by atomic mass is 19.1. The summed E-state index contributed by atoms with van der Waals surface area (Å²) in [5.74, 6) is 0.663. The molecule has 2 rings (SSSR count). The molecule has 4 nitrogen and oxygen atoms in total. The van der Waals surface area contributed by atoms with Crippen molar-refractivity contribution in [3.63, 3.8) is 0 Å². The Morgan fingerprint density at radius 2 is 2.09 bits per heavy atom. The Kier molecular flexibility index (Phi) is 5.77. The van der Waals surface area contributed by atoms with Crippen LogP contribution in [0.4, 0.5) is 4.39 Å². The van der Waals surface area contributed by atoms with E-state index in [0.717, 1.165) is 50.4 Å². The fourth-order valence-corrected chi connectivity index (χ4v) is 2.61. The zero-order valence-corrected chi connectivity index (χ0v) is 13.8. The molecule has 0 atom stereocenters. The maximum atomic E-state index is 13.4. The second-order valence-corrected chi connectivity index (χ2v) is 6.30. The van der Waals surface area contributed by atoms with E-state index in [1.807, 2.05) is 6.07 Å². The SMILES string of the molecule is CN=C(NCCCN(C)C)NCC1(c2cccc(F)c2)CC1. The van der Waals surface area contributed by atoms with Crippen LogP contribution in [0, 0.1) is 5.82 Å². The Labute approximate surface area is 132 Å². The lowest BCUT2D eigenvalue weighted by molar-refractivity contribution is 0.399. The fraction of sp³-hybridized carbons (Fsp3) is 0.588. The highest BCUT2D eigenvalue weighted by Crippen LogP contribution is 2.47. The molecule has 1 aliphatic rings. The van der Waals surface area contributed by atoms with Gasteiger partial charge in [0.25, 0.3) is 0 Å². The van der Waals surface area contributed by atoms with Gasteiger partial charge in [-0.2, -0.15) is 0 Å². The van der Waals surface area contributed by atoms with E-state index in [9.17, 15) is 4.39 Å². The van der Waals surface area contributed by atoms with Crippen molar-refractivity contribution in [2.24, 2.45) is 4.99 Å². The van der Waals surface area contributed by atoms with E-state index in [2.05, 4.69) is 34.6 Å². The van der Waals surface area contributed by atoms with Gasteiger partial charge in [0.05, 0.1) is 0 Å². The smallest absolute Gasteiger partial charge is 0.191 e. The van der Waals surface area contributed by atoms with E-state index >= 15 is 0 Å². The maximum absolute atomic E-state index is 13.4. The minimum atomic E-state index is -0.157. The number of rotatable bonds is 7. The van der Waals surface area contributed by atoms with Crippen LogP contribution in [0.1, 0.15) is 24.8 Å². The van der Waals surface area contributed by atoms with Crippen LogP contribution in [0.5, 0.6) is 0 Å². The first-order valence-electron chi connectivity index (χ1n) is 7.91. The second-order valence-electron chi connectivity index (χ2n) is 6.30. The molecular weight excluding hydrogens is 279 g/mol. The summed E-state index contributed by atoms with van der Waals surface area (Å²) in [5, 5.41) is 6.71. The standard InChI is InChI=1S/C17H27FN4/c1-19-16(20-10-5-11-22(2)3)21-13-17(8-9-17)14-6-4-7-15(18)12-14/h4,6-7,12H,5,8-11,13H2,1-3H3,(H2,19,20,21). The van der Waals surface area contributed by atoms with Gasteiger partial charge in [-0.15, -0.1) is 0 Å². The van der Waals surface area contributed by atoms with Gasteiger partial charge in [0.2, 0.25) is 0 Å². The van der Waals surface area contributed by atoms with Gasteiger partial charge in [0, 0.05) is 25.6 Å². The first kappa shape index (κ1) is 16.7. The van der Waals surface area contributed by atoms with E-state index in [1.54, 1.807) is 19.2 Å². The molecule has 0 unspecified atom stereocenters. The van der Waals surface area contributed by atoms with Crippen LogP contribution < -0.4 is 10.6 Å². The van der Waals surface area contributed by atoms with E-state index in [0.29, 0.717) is 0 Å². The van der Waals surface area contributed by atoms with Crippen LogP contribution in [0.15, 0.2) is 29.3 Å². The van der Waals surface area contributed by atoms with Gasteiger partial charge < -0.3 is 15.5 Å². The Morgan fingerprint density at radius 3 is 2.68 bits per heavy atom. The second kappa shape index (κ2) is 7.58. The third-order valence-electron chi connectivity index (χ3n) is 4.18. The van der Waals surface area contributed by atoms with E-state index < -0.39 is 0 Å². The maximum Gasteiger partial charge on any atom is 0.191 e. The van der Waals surface area contributed by atoms with Gasteiger partial charge in [-0.05, 0) is 57.6 Å². The van der Waals surface area contributed by atoms with Crippen LogP contribution >= 0.6 is 0 Å². The van der Waals surface area contributed by atoms with E-state index in [1.165, 1.54) is 6.07 Å². The average molecular weight is 306 g/mol. The molecule has 0 bridgehead atoms. The minimum Gasteiger partial charge on any atom is -0.356 e. The summed E-state index contributed by atoms with van der Waals surface area (Å²) >= 11 is 0. The molecule has 0 heterocycles. The van der Waals surface area contributed by atoms with Crippen LogP contribution in [-0.2, 0) is 5.41 Å². The van der Waals surface area contributed by atoms with Crippen molar-refractivity contribution in [2.45, 2.75) is 24.7 Å². The lowest BCUT2D eigenvalue weighted by Crippen LogP contribution is -2.42. The van der Waals surface area contributed by atoms with Crippen molar-refractivity contribution >= 4 is 5.96 Å². The van der Waals surface area contributed by atoms with Crippen molar-refractivity contribution in [2.75, 3.05) is 40.8 Å². The number of nitrogens with zero attached hydrogens (tertiary/aromatic N) is 2. The first-order valence-corrected chi connectivity index (χ1v) is 7.91. The number of aliphatic imine (C=N–C) groups is 1. The summed E-state index contributed by atoms with van der Waals surface area (Å²) in [6, 6.07) is 6.96. The summed E-state index contributed by atoms with van der Waals surface area (Å²) < 4.78 is 13.4. The van der Waals surface area contributed by atoms with E-state index in [4.69, 9.17) is 0 Å². The van der Waals surface area contributed by atoms with Gasteiger partial charge in [0.15, 0.2) is 5.96 Å². The Bertz CT molecular complexity index is 509. The summed E-state index contributed by atoms with van der Waals surface area (Å²) in [7, 11) is 5.93. The normalized spacial score (nSPS) is 16.7. The predicted octanol–water partition coefficient (Wildman–Crippen LogP) is 1.97. The highest BCUT2D eigenvalue weighted by molar-refractivity contribution is 5.79.